The van der Waals surface area contributed by atoms with Crippen LogP contribution in [0.4, 0.5) is 5.13 Å². The van der Waals surface area contributed by atoms with Gasteiger partial charge in [0.05, 0.1) is 10.4 Å². The third-order valence-electron chi connectivity index (χ3n) is 2.43. The lowest BCUT2D eigenvalue weighted by molar-refractivity contribution is 0.566. The average Bonchev–Trinajstić information content (AvgIpc) is 2.62. The molecule has 0 aromatic carbocycles. The van der Waals surface area contributed by atoms with Gasteiger partial charge in [-0.15, -0.1) is 11.3 Å². The fourth-order valence-corrected chi connectivity index (χ4v) is 2.70. The van der Waals surface area contributed by atoms with Gasteiger partial charge in [0.25, 0.3) is 0 Å². The van der Waals surface area contributed by atoms with E-state index in [1.807, 2.05) is 19.4 Å². The van der Waals surface area contributed by atoms with Crippen LogP contribution in [0.25, 0.3) is 0 Å². The molecule has 0 fully saturated rings. The van der Waals surface area contributed by atoms with Crippen molar-refractivity contribution >= 4 is 26.5 Å². The smallest absolute Gasteiger partial charge is 0.239 e. The molecular weight excluding hydrogens is 258 g/mol. The van der Waals surface area contributed by atoms with E-state index in [4.69, 9.17) is 0 Å². The molecule has 0 spiro atoms. The van der Waals surface area contributed by atoms with Gasteiger partial charge in [-0.1, -0.05) is 0 Å². The second kappa shape index (κ2) is 4.91. The highest BCUT2D eigenvalue weighted by Crippen LogP contribution is 2.24. The largest absolute Gasteiger partial charge is 0.312 e. The molecule has 1 aromatic heterocycles. The molecule has 1 atom stereocenters. The molecule has 1 unspecified atom stereocenters. The molecule has 7 heteroatoms. The minimum atomic E-state index is -3.39. The van der Waals surface area contributed by atoms with Crippen molar-refractivity contribution in [2.75, 3.05) is 11.8 Å². The van der Waals surface area contributed by atoms with Crippen LogP contribution in [-0.4, -0.2) is 25.2 Å². The van der Waals surface area contributed by atoms with E-state index in [1.165, 1.54) is 11.3 Å². The number of hydrogen-bond donors (Lipinski definition) is 2. The number of nitrogens with zero attached hydrogens (tertiary/aromatic N) is 1. The summed E-state index contributed by atoms with van der Waals surface area (Å²) in [6.07, 6.45) is 0. The number of anilines is 1. The molecule has 0 bridgehead atoms. The molecular formula is C10H19N3O2S2. The molecule has 0 saturated carbocycles. The molecule has 2 N–H and O–H groups in total. The molecule has 0 aliphatic heterocycles. The van der Waals surface area contributed by atoms with Crippen LogP contribution in [0, 0.1) is 0 Å². The van der Waals surface area contributed by atoms with Gasteiger partial charge < -0.3 is 5.32 Å². The van der Waals surface area contributed by atoms with Crippen LogP contribution in [0.15, 0.2) is 5.38 Å². The molecule has 0 saturated heterocycles. The van der Waals surface area contributed by atoms with E-state index in [-0.39, 0.29) is 6.04 Å². The average molecular weight is 277 g/mol. The summed E-state index contributed by atoms with van der Waals surface area (Å²) in [5, 5.41) is 5.32. The zero-order valence-electron chi connectivity index (χ0n) is 10.7. The van der Waals surface area contributed by atoms with Crippen molar-refractivity contribution in [3.8, 4) is 0 Å². The van der Waals surface area contributed by atoms with Crippen molar-refractivity contribution in [3.05, 3.63) is 11.1 Å². The second-order valence-electron chi connectivity index (χ2n) is 4.81. The van der Waals surface area contributed by atoms with Crippen LogP contribution in [0.5, 0.6) is 0 Å². The Hall–Kier alpha value is -0.660. The molecule has 1 heterocycles. The highest BCUT2D eigenvalue weighted by molar-refractivity contribution is 7.94. The first-order valence-corrected chi connectivity index (χ1v) is 7.68. The standard InChI is InChI=1S/C10H19N3O2S2/c1-7(11-5)8-6-16-9(12-8)13-17(14,15)10(2,3)4/h6-7,11H,1-5H3,(H,12,13). The summed E-state index contributed by atoms with van der Waals surface area (Å²) in [6.45, 7) is 6.93. The second-order valence-corrected chi connectivity index (χ2v) is 8.10. The lowest BCUT2D eigenvalue weighted by atomic mass is 10.3. The predicted octanol–water partition coefficient (Wildman–Crippen LogP) is 1.96. The number of thiazole rings is 1. The Kier molecular flexibility index (Phi) is 4.16. The Labute approximate surface area is 107 Å². The Morgan fingerprint density at radius 1 is 1.41 bits per heavy atom. The van der Waals surface area contributed by atoms with Crippen LogP contribution in [-0.2, 0) is 10.0 Å². The summed E-state index contributed by atoms with van der Waals surface area (Å²) in [7, 11) is -1.56. The van der Waals surface area contributed by atoms with Crippen LogP contribution >= 0.6 is 11.3 Å². The van der Waals surface area contributed by atoms with Crippen molar-refractivity contribution in [1.82, 2.24) is 10.3 Å². The molecule has 0 aliphatic rings. The van der Waals surface area contributed by atoms with Gasteiger partial charge in [-0.3, -0.25) is 4.72 Å². The maximum Gasteiger partial charge on any atom is 0.239 e. The highest BCUT2D eigenvalue weighted by Gasteiger charge is 2.29. The quantitative estimate of drug-likeness (QED) is 0.882. The Morgan fingerprint density at radius 2 is 2.00 bits per heavy atom. The fourth-order valence-electron chi connectivity index (χ4n) is 0.948. The normalized spacial score (nSPS) is 14.6. The van der Waals surface area contributed by atoms with Gasteiger partial charge in [-0.2, -0.15) is 0 Å². The van der Waals surface area contributed by atoms with E-state index < -0.39 is 14.8 Å². The number of sulfonamides is 1. The number of nitrogens with one attached hydrogen (secondary N) is 2. The monoisotopic (exact) mass is 277 g/mol. The summed E-state index contributed by atoms with van der Waals surface area (Å²) in [5.41, 5.74) is 0.837. The van der Waals surface area contributed by atoms with Gasteiger partial charge in [0.15, 0.2) is 5.13 Å². The summed E-state index contributed by atoms with van der Waals surface area (Å²) in [4.78, 5) is 4.25. The van der Waals surface area contributed by atoms with E-state index in [9.17, 15) is 8.42 Å². The Morgan fingerprint density at radius 3 is 2.47 bits per heavy atom. The number of aromatic nitrogens is 1. The Bertz CT molecular complexity index is 474. The summed E-state index contributed by atoms with van der Waals surface area (Å²) >= 11 is 1.29. The zero-order chi connectivity index (χ0) is 13.3. The molecule has 17 heavy (non-hydrogen) atoms. The Balaban J connectivity index is 2.88. The van der Waals surface area contributed by atoms with Crippen molar-refractivity contribution in [2.24, 2.45) is 0 Å². The molecule has 5 nitrogen and oxygen atoms in total. The molecule has 1 aromatic rings. The molecule has 0 aliphatic carbocycles. The maximum atomic E-state index is 11.9. The topological polar surface area (TPSA) is 71.1 Å². The third-order valence-corrected chi connectivity index (χ3v) is 5.41. The van der Waals surface area contributed by atoms with E-state index >= 15 is 0 Å². The summed E-state index contributed by atoms with van der Waals surface area (Å²) in [6, 6.07) is 0.110. The van der Waals surface area contributed by atoms with Crippen molar-refractivity contribution in [3.63, 3.8) is 0 Å². The van der Waals surface area contributed by atoms with Crippen LogP contribution in [0.3, 0.4) is 0 Å². The van der Waals surface area contributed by atoms with Gasteiger partial charge in [0, 0.05) is 11.4 Å². The number of hydrogen-bond acceptors (Lipinski definition) is 5. The molecule has 0 amide bonds. The van der Waals surface area contributed by atoms with Gasteiger partial charge >= 0.3 is 0 Å². The predicted molar refractivity (Wildman–Crippen MR) is 71.9 cm³/mol. The lowest BCUT2D eigenvalue weighted by Gasteiger charge is -2.18. The minimum Gasteiger partial charge on any atom is -0.312 e. The fraction of sp³-hybridized carbons (Fsp3) is 0.700. The van der Waals surface area contributed by atoms with Crippen LogP contribution < -0.4 is 10.0 Å². The van der Waals surface area contributed by atoms with E-state index in [0.717, 1.165) is 5.69 Å². The first-order chi connectivity index (χ1) is 7.67. The van der Waals surface area contributed by atoms with Crippen molar-refractivity contribution in [2.45, 2.75) is 38.5 Å². The van der Waals surface area contributed by atoms with Gasteiger partial charge in [-0.25, -0.2) is 13.4 Å². The molecule has 1 rings (SSSR count). The molecule has 98 valence electrons. The lowest BCUT2D eigenvalue weighted by Crippen LogP contribution is -2.33. The highest BCUT2D eigenvalue weighted by atomic mass is 32.2. The number of rotatable bonds is 4. The first-order valence-electron chi connectivity index (χ1n) is 5.32. The maximum absolute atomic E-state index is 11.9. The van der Waals surface area contributed by atoms with Gasteiger partial charge in [-0.05, 0) is 34.7 Å². The van der Waals surface area contributed by atoms with Crippen molar-refractivity contribution < 1.29 is 8.42 Å². The zero-order valence-corrected chi connectivity index (χ0v) is 12.4. The van der Waals surface area contributed by atoms with E-state index in [2.05, 4.69) is 15.0 Å². The SMILES string of the molecule is CNC(C)c1csc(NS(=O)(=O)C(C)(C)C)n1. The van der Waals surface area contributed by atoms with E-state index in [0.29, 0.717) is 5.13 Å². The minimum absolute atomic E-state index is 0.110. The van der Waals surface area contributed by atoms with Crippen molar-refractivity contribution in [1.29, 1.82) is 0 Å². The molecule has 0 radical (unpaired) electrons. The van der Waals surface area contributed by atoms with E-state index in [1.54, 1.807) is 20.8 Å². The summed E-state index contributed by atoms with van der Waals surface area (Å²) in [5.74, 6) is 0. The first kappa shape index (κ1) is 14.4. The van der Waals surface area contributed by atoms with Gasteiger partial charge in [0.1, 0.15) is 0 Å². The third kappa shape index (κ3) is 3.40. The summed E-state index contributed by atoms with van der Waals surface area (Å²) < 4.78 is 25.5. The van der Waals surface area contributed by atoms with Gasteiger partial charge in [0.2, 0.25) is 10.0 Å². The van der Waals surface area contributed by atoms with Crippen LogP contribution in [0.1, 0.15) is 39.4 Å². The van der Waals surface area contributed by atoms with Crippen LogP contribution in [0.2, 0.25) is 0 Å².